The third-order valence-corrected chi connectivity index (χ3v) is 2.46. The molecule has 0 aliphatic carbocycles. The number of carbonyl (C=O) groups excluding carboxylic acids is 1. The molecule has 0 saturated carbocycles. The Balaban J connectivity index is 2.26. The second-order valence-corrected chi connectivity index (χ2v) is 5.21. The SMILES string of the molecule is CC(C)(C)OC(=O)NC1CCC(CO)NC1. The highest BCUT2D eigenvalue weighted by Crippen LogP contribution is 2.10. The minimum Gasteiger partial charge on any atom is -0.444 e. The number of carbonyl (C=O) groups is 1. The van der Waals surface area contributed by atoms with Crippen molar-refractivity contribution in [2.24, 2.45) is 0 Å². The summed E-state index contributed by atoms with van der Waals surface area (Å²) >= 11 is 0. The first-order chi connectivity index (χ1) is 7.40. The van der Waals surface area contributed by atoms with Gasteiger partial charge in [-0.3, -0.25) is 0 Å². The molecule has 0 aromatic heterocycles. The number of ether oxygens (including phenoxy) is 1. The molecule has 0 radical (unpaired) electrons. The molecular formula is C11H22N2O3. The molecule has 0 aromatic rings. The predicted octanol–water partition coefficient (Wildman–Crippen LogP) is 0.624. The lowest BCUT2D eigenvalue weighted by atomic mass is 10.0. The molecule has 0 bridgehead atoms. The molecule has 5 nitrogen and oxygen atoms in total. The molecular weight excluding hydrogens is 208 g/mol. The zero-order chi connectivity index (χ0) is 12.2. The molecule has 1 aliphatic heterocycles. The number of hydrogen-bond donors (Lipinski definition) is 3. The zero-order valence-electron chi connectivity index (χ0n) is 10.2. The summed E-state index contributed by atoms with van der Waals surface area (Å²) in [4.78, 5) is 11.5. The van der Waals surface area contributed by atoms with Crippen LogP contribution in [0.1, 0.15) is 33.6 Å². The van der Waals surface area contributed by atoms with Crippen molar-refractivity contribution in [2.45, 2.75) is 51.3 Å². The standard InChI is InChI=1S/C11H22N2O3/c1-11(2,3)16-10(15)13-8-4-5-9(7-14)12-6-8/h8-9,12,14H,4-7H2,1-3H3,(H,13,15). The highest BCUT2D eigenvalue weighted by Gasteiger charge is 2.23. The van der Waals surface area contributed by atoms with Crippen LogP contribution in [0.15, 0.2) is 0 Å². The molecule has 2 unspecified atom stereocenters. The fourth-order valence-electron chi connectivity index (χ4n) is 1.67. The van der Waals surface area contributed by atoms with Crippen molar-refractivity contribution in [2.75, 3.05) is 13.2 Å². The lowest BCUT2D eigenvalue weighted by Crippen LogP contribution is -2.51. The van der Waals surface area contributed by atoms with Crippen molar-refractivity contribution in [1.82, 2.24) is 10.6 Å². The van der Waals surface area contributed by atoms with E-state index in [9.17, 15) is 4.79 Å². The molecule has 1 saturated heterocycles. The van der Waals surface area contributed by atoms with Crippen molar-refractivity contribution in [3.8, 4) is 0 Å². The van der Waals surface area contributed by atoms with Crippen LogP contribution in [0.2, 0.25) is 0 Å². The summed E-state index contributed by atoms with van der Waals surface area (Å²) in [6.07, 6.45) is 1.37. The molecule has 2 atom stereocenters. The number of rotatable bonds is 2. The Morgan fingerprint density at radius 1 is 1.50 bits per heavy atom. The first-order valence-corrected chi connectivity index (χ1v) is 5.74. The first kappa shape index (κ1) is 13.3. The third-order valence-electron chi connectivity index (χ3n) is 2.46. The van der Waals surface area contributed by atoms with Crippen molar-refractivity contribution >= 4 is 6.09 Å². The minimum absolute atomic E-state index is 0.0950. The van der Waals surface area contributed by atoms with Gasteiger partial charge in [-0.1, -0.05) is 0 Å². The Morgan fingerprint density at radius 2 is 2.19 bits per heavy atom. The van der Waals surface area contributed by atoms with E-state index in [-0.39, 0.29) is 24.8 Å². The van der Waals surface area contributed by atoms with Crippen LogP contribution in [0.4, 0.5) is 4.79 Å². The highest BCUT2D eigenvalue weighted by molar-refractivity contribution is 5.68. The normalized spacial score (nSPS) is 26.2. The second kappa shape index (κ2) is 5.50. The fraction of sp³-hybridized carbons (Fsp3) is 0.909. The maximum atomic E-state index is 11.5. The van der Waals surface area contributed by atoms with E-state index in [0.29, 0.717) is 6.54 Å². The lowest BCUT2D eigenvalue weighted by molar-refractivity contribution is 0.0490. The van der Waals surface area contributed by atoms with Gasteiger partial charge in [0.05, 0.1) is 6.61 Å². The molecule has 1 rings (SSSR count). The summed E-state index contributed by atoms with van der Waals surface area (Å²) in [5.41, 5.74) is -0.459. The van der Waals surface area contributed by atoms with Crippen molar-refractivity contribution in [1.29, 1.82) is 0 Å². The van der Waals surface area contributed by atoms with Gasteiger partial charge in [-0.2, -0.15) is 0 Å². The monoisotopic (exact) mass is 230 g/mol. The van der Waals surface area contributed by atoms with Crippen molar-refractivity contribution < 1.29 is 14.6 Å². The molecule has 5 heteroatoms. The van der Waals surface area contributed by atoms with E-state index in [1.165, 1.54) is 0 Å². The van der Waals surface area contributed by atoms with E-state index >= 15 is 0 Å². The van der Waals surface area contributed by atoms with Crippen LogP contribution in [0.5, 0.6) is 0 Å². The van der Waals surface area contributed by atoms with E-state index in [4.69, 9.17) is 9.84 Å². The summed E-state index contributed by atoms with van der Waals surface area (Å²) in [5, 5.41) is 14.9. The van der Waals surface area contributed by atoms with Crippen LogP contribution in [0.25, 0.3) is 0 Å². The van der Waals surface area contributed by atoms with Gasteiger partial charge < -0.3 is 20.5 Å². The summed E-state index contributed by atoms with van der Waals surface area (Å²) in [5.74, 6) is 0. The van der Waals surface area contributed by atoms with Gasteiger partial charge in [0.2, 0.25) is 0 Å². The number of aliphatic hydroxyl groups excluding tert-OH is 1. The van der Waals surface area contributed by atoms with Gasteiger partial charge in [0, 0.05) is 18.6 Å². The van der Waals surface area contributed by atoms with Gasteiger partial charge in [0.25, 0.3) is 0 Å². The maximum Gasteiger partial charge on any atom is 0.407 e. The van der Waals surface area contributed by atoms with Crippen LogP contribution in [0, 0.1) is 0 Å². The Bertz CT molecular complexity index is 230. The van der Waals surface area contributed by atoms with Gasteiger partial charge in [0.15, 0.2) is 0 Å². The molecule has 94 valence electrons. The number of piperidine rings is 1. The molecule has 1 aliphatic rings. The van der Waals surface area contributed by atoms with Crippen LogP contribution in [-0.4, -0.2) is 42.0 Å². The van der Waals surface area contributed by atoms with E-state index < -0.39 is 5.60 Å². The Kier molecular flexibility index (Phi) is 4.56. The Hall–Kier alpha value is -0.810. The number of amides is 1. The molecule has 1 fully saturated rings. The predicted molar refractivity (Wildman–Crippen MR) is 61.3 cm³/mol. The third kappa shape index (κ3) is 4.81. The molecule has 0 spiro atoms. The Morgan fingerprint density at radius 3 is 2.62 bits per heavy atom. The van der Waals surface area contributed by atoms with E-state index in [1.54, 1.807) is 0 Å². The molecule has 3 N–H and O–H groups in total. The summed E-state index contributed by atoms with van der Waals surface area (Å²) in [7, 11) is 0. The average molecular weight is 230 g/mol. The van der Waals surface area contributed by atoms with E-state index in [2.05, 4.69) is 10.6 Å². The first-order valence-electron chi connectivity index (χ1n) is 5.74. The largest absolute Gasteiger partial charge is 0.444 e. The highest BCUT2D eigenvalue weighted by atomic mass is 16.6. The van der Waals surface area contributed by atoms with Crippen LogP contribution < -0.4 is 10.6 Å². The molecule has 0 aromatic carbocycles. The Labute approximate surface area is 96.6 Å². The van der Waals surface area contributed by atoms with E-state index in [0.717, 1.165) is 12.8 Å². The van der Waals surface area contributed by atoms with Gasteiger partial charge in [-0.05, 0) is 33.6 Å². The maximum absolute atomic E-state index is 11.5. The van der Waals surface area contributed by atoms with Gasteiger partial charge in [0.1, 0.15) is 5.60 Å². The number of alkyl carbamates (subject to hydrolysis) is 1. The number of nitrogens with one attached hydrogen (secondary N) is 2. The zero-order valence-corrected chi connectivity index (χ0v) is 10.2. The quantitative estimate of drug-likeness (QED) is 0.650. The average Bonchev–Trinajstić information content (AvgIpc) is 2.16. The van der Waals surface area contributed by atoms with Gasteiger partial charge >= 0.3 is 6.09 Å². The van der Waals surface area contributed by atoms with Gasteiger partial charge in [-0.15, -0.1) is 0 Å². The topological polar surface area (TPSA) is 70.6 Å². The minimum atomic E-state index is -0.459. The molecule has 1 heterocycles. The van der Waals surface area contributed by atoms with E-state index in [1.807, 2.05) is 20.8 Å². The number of hydrogen-bond acceptors (Lipinski definition) is 4. The smallest absolute Gasteiger partial charge is 0.407 e. The number of aliphatic hydroxyl groups is 1. The second-order valence-electron chi connectivity index (χ2n) is 5.21. The lowest BCUT2D eigenvalue weighted by Gasteiger charge is -2.30. The van der Waals surface area contributed by atoms with Crippen LogP contribution in [0.3, 0.4) is 0 Å². The summed E-state index contributed by atoms with van der Waals surface area (Å²) in [6, 6.07) is 0.259. The van der Waals surface area contributed by atoms with Crippen molar-refractivity contribution in [3.63, 3.8) is 0 Å². The van der Waals surface area contributed by atoms with Crippen LogP contribution >= 0.6 is 0 Å². The summed E-state index contributed by atoms with van der Waals surface area (Å²) < 4.78 is 5.17. The fourth-order valence-corrected chi connectivity index (χ4v) is 1.67. The molecule has 16 heavy (non-hydrogen) atoms. The van der Waals surface area contributed by atoms with Crippen molar-refractivity contribution in [3.05, 3.63) is 0 Å². The van der Waals surface area contributed by atoms with Gasteiger partial charge in [-0.25, -0.2) is 4.79 Å². The van der Waals surface area contributed by atoms with Crippen LogP contribution in [-0.2, 0) is 4.74 Å². The summed E-state index contributed by atoms with van der Waals surface area (Å²) in [6.45, 7) is 6.36. The molecule has 1 amide bonds.